The van der Waals surface area contributed by atoms with Gasteiger partial charge in [-0.1, -0.05) is 0 Å². The van der Waals surface area contributed by atoms with Crippen molar-refractivity contribution >= 4 is 23.3 Å². The van der Waals surface area contributed by atoms with Crippen LogP contribution in [0.25, 0.3) is 0 Å². The number of nitrogens with zero attached hydrogens (tertiary/aromatic N) is 3. The minimum atomic E-state index is -1.06. The summed E-state index contributed by atoms with van der Waals surface area (Å²) >= 11 is 0. The summed E-state index contributed by atoms with van der Waals surface area (Å²) in [4.78, 5) is 26.8. The quantitative estimate of drug-likeness (QED) is 0.558. The van der Waals surface area contributed by atoms with Crippen LogP contribution in [0.1, 0.15) is 12.8 Å². The third-order valence-electron chi connectivity index (χ3n) is 3.52. The Balaban J connectivity index is 2.16. The first-order valence-corrected chi connectivity index (χ1v) is 6.59. The van der Waals surface area contributed by atoms with Gasteiger partial charge in [0.2, 0.25) is 5.82 Å². The van der Waals surface area contributed by atoms with Crippen LogP contribution in [0.2, 0.25) is 0 Å². The maximum atomic E-state index is 11.2. The van der Waals surface area contributed by atoms with E-state index in [-0.39, 0.29) is 17.4 Å². The van der Waals surface area contributed by atoms with Crippen LogP contribution in [0.5, 0.6) is 0 Å². The van der Waals surface area contributed by atoms with Gasteiger partial charge in [0.05, 0.1) is 4.92 Å². The Hall–Kier alpha value is -2.58. The van der Waals surface area contributed by atoms with E-state index in [1.165, 1.54) is 6.20 Å². The van der Waals surface area contributed by atoms with Crippen molar-refractivity contribution in [3.8, 4) is 0 Å². The molecule has 9 nitrogen and oxygen atoms in total. The Kier molecular flexibility index (Phi) is 4.41. The van der Waals surface area contributed by atoms with Crippen LogP contribution in [0, 0.1) is 16.0 Å². The van der Waals surface area contributed by atoms with Crippen LogP contribution in [0.15, 0.2) is 12.3 Å². The molecule has 1 saturated heterocycles. The fourth-order valence-corrected chi connectivity index (χ4v) is 2.58. The number of piperidine rings is 1. The number of nitrogens with two attached hydrogens (primary N) is 1. The number of carbonyl (C=O) groups is 1. The summed E-state index contributed by atoms with van der Waals surface area (Å²) in [6, 6.07) is 1.57. The van der Waals surface area contributed by atoms with E-state index >= 15 is 0 Å². The molecule has 1 aliphatic rings. The highest BCUT2D eigenvalue weighted by Gasteiger charge is 2.27. The van der Waals surface area contributed by atoms with E-state index in [9.17, 15) is 14.9 Å². The topological polar surface area (TPSA) is 135 Å². The van der Waals surface area contributed by atoms with Gasteiger partial charge in [-0.2, -0.15) is 0 Å². The van der Waals surface area contributed by atoms with Gasteiger partial charge in [0.25, 0.3) is 0 Å². The number of amides is 1. The van der Waals surface area contributed by atoms with E-state index in [1.807, 2.05) is 4.90 Å². The van der Waals surface area contributed by atoms with Crippen LogP contribution in [-0.2, 0) is 0 Å². The molecule has 4 N–H and O–H groups in total. The second kappa shape index (κ2) is 6.25. The maximum absolute atomic E-state index is 11.2. The molecule has 21 heavy (non-hydrogen) atoms. The van der Waals surface area contributed by atoms with Gasteiger partial charge >= 0.3 is 11.8 Å². The molecule has 1 aliphatic heterocycles. The lowest BCUT2D eigenvalue weighted by Crippen LogP contribution is -2.41. The van der Waals surface area contributed by atoms with Gasteiger partial charge in [0, 0.05) is 25.8 Å². The van der Waals surface area contributed by atoms with E-state index in [1.54, 1.807) is 6.07 Å². The Labute approximate surface area is 120 Å². The molecule has 0 aliphatic carbocycles. The number of hydrogen-bond donors (Lipinski definition) is 3. The highest BCUT2D eigenvalue weighted by Crippen LogP contribution is 2.34. The molecular weight excluding hydrogens is 278 g/mol. The Morgan fingerprint density at radius 2 is 2.43 bits per heavy atom. The second-order valence-electron chi connectivity index (χ2n) is 4.96. The zero-order valence-corrected chi connectivity index (χ0v) is 11.4. The molecule has 0 bridgehead atoms. The average Bonchev–Trinajstić information content (AvgIpc) is 2.44. The number of nitrogen functional groups attached to an aromatic ring is 1. The highest BCUT2D eigenvalue weighted by atomic mass is 16.6. The number of pyridine rings is 1. The van der Waals surface area contributed by atoms with Gasteiger partial charge in [-0.15, -0.1) is 0 Å². The van der Waals surface area contributed by atoms with Crippen LogP contribution >= 0.6 is 0 Å². The van der Waals surface area contributed by atoms with Gasteiger partial charge in [0.15, 0.2) is 0 Å². The third kappa shape index (κ3) is 3.50. The predicted molar refractivity (Wildman–Crippen MR) is 76.3 cm³/mol. The zero-order valence-electron chi connectivity index (χ0n) is 11.4. The smallest absolute Gasteiger partial charge is 0.404 e. The predicted octanol–water partition coefficient (Wildman–Crippen LogP) is 1.06. The summed E-state index contributed by atoms with van der Waals surface area (Å²) in [5.74, 6) is 0.00660. The molecule has 1 aromatic rings. The first-order chi connectivity index (χ1) is 9.99. The summed E-state index contributed by atoms with van der Waals surface area (Å²) in [5.41, 5.74) is 5.84. The lowest BCUT2D eigenvalue weighted by Gasteiger charge is -2.33. The van der Waals surface area contributed by atoms with E-state index in [0.717, 1.165) is 12.8 Å². The van der Waals surface area contributed by atoms with Crippen molar-refractivity contribution < 1.29 is 14.8 Å². The Bertz CT molecular complexity index is 550. The highest BCUT2D eigenvalue weighted by molar-refractivity contribution is 5.72. The van der Waals surface area contributed by atoms with Crippen LogP contribution in [-0.4, -0.2) is 40.7 Å². The molecule has 0 aromatic carbocycles. The number of aromatic nitrogens is 1. The number of hydrogen-bond acceptors (Lipinski definition) is 6. The molecule has 114 valence electrons. The standard InChI is InChI=1S/C12H17N5O4/c13-11-10(17(20)21)9(3-4-14-11)16-5-1-2-8(7-16)6-15-12(18)19/h3-4,8,15H,1-2,5-7H2,(H2,13,14)(H,18,19). The molecular formula is C12H17N5O4. The molecule has 2 heterocycles. The van der Waals surface area contributed by atoms with Crippen molar-refractivity contribution in [2.24, 2.45) is 5.92 Å². The van der Waals surface area contributed by atoms with Gasteiger partial charge in [-0.25, -0.2) is 9.78 Å². The van der Waals surface area contributed by atoms with Crippen LogP contribution < -0.4 is 16.0 Å². The average molecular weight is 295 g/mol. The molecule has 1 fully saturated rings. The van der Waals surface area contributed by atoms with Gasteiger partial charge < -0.3 is 21.1 Å². The summed E-state index contributed by atoms with van der Waals surface area (Å²) in [5, 5.41) is 22.1. The largest absolute Gasteiger partial charge is 0.465 e. The SMILES string of the molecule is Nc1nccc(N2CCCC(CNC(=O)O)C2)c1[N+](=O)[O-]. The van der Waals surface area contributed by atoms with E-state index in [4.69, 9.17) is 10.8 Å². The zero-order chi connectivity index (χ0) is 15.4. The fourth-order valence-electron chi connectivity index (χ4n) is 2.58. The van der Waals surface area contributed by atoms with E-state index in [0.29, 0.717) is 25.3 Å². The summed E-state index contributed by atoms with van der Waals surface area (Å²) in [6.07, 6.45) is 2.10. The molecule has 9 heteroatoms. The molecule has 1 unspecified atom stereocenters. The van der Waals surface area contributed by atoms with Crippen LogP contribution in [0.4, 0.5) is 22.0 Å². The number of anilines is 2. The number of nitro groups is 1. The Morgan fingerprint density at radius 3 is 3.10 bits per heavy atom. The first kappa shape index (κ1) is 14.8. The van der Waals surface area contributed by atoms with E-state index < -0.39 is 11.0 Å². The van der Waals surface area contributed by atoms with Crippen molar-refractivity contribution in [3.05, 3.63) is 22.4 Å². The molecule has 0 radical (unpaired) electrons. The maximum Gasteiger partial charge on any atom is 0.404 e. The van der Waals surface area contributed by atoms with Crippen LogP contribution in [0.3, 0.4) is 0 Å². The molecule has 1 atom stereocenters. The van der Waals surface area contributed by atoms with Crippen molar-refractivity contribution in [2.75, 3.05) is 30.3 Å². The van der Waals surface area contributed by atoms with Gasteiger partial charge in [-0.05, 0) is 24.8 Å². The third-order valence-corrected chi connectivity index (χ3v) is 3.52. The van der Waals surface area contributed by atoms with Crippen molar-refractivity contribution in [3.63, 3.8) is 0 Å². The minimum absolute atomic E-state index is 0.108. The fraction of sp³-hybridized carbons (Fsp3) is 0.500. The summed E-state index contributed by atoms with van der Waals surface area (Å²) < 4.78 is 0. The normalized spacial score (nSPS) is 18.3. The lowest BCUT2D eigenvalue weighted by molar-refractivity contribution is -0.383. The number of rotatable bonds is 4. The van der Waals surface area contributed by atoms with Crippen molar-refractivity contribution in [1.82, 2.24) is 10.3 Å². The van der Waals surface area contributed by atoms with Gasteiger partial charge in [0.1, 0.15) is 5.69 Å². The van der Waals surface area contributed by atoms with Crippen molar-refractivity contribution in [1.29, 1.82) is 0 Å². The summed E-state index contributed by atoms with van der Waals surface area (Å²) in [6.45, 7) is 1.55. The molecule has 0 spiro atoms. The molecule has 0 saturated carbocycles. The molecule has 1 amide bonds. The van der Waals surface area contributed by atoms with E-state index in [2.05, 4.69) is 10.3 Å². The first-order valence-electron chi connectivity index (χ1n) is 6.59. The van der Waals surface area contributed by atoms with Gasteiger partial charge in [-0.3, -0.25) is 10.1 Å². The monoisotopic (exact) mass is 295 g/mol. The van der Waals surface area contributed by atoms with Crippen molar-refractivity contribution in [2.45, 2.75) is 12.8 Å². The Morgan fingerprint density at radius 1 is 1.67 bits per heavy atom. The lowest BCUT2D eigenvalue weighted by atomic mass is 9.97. The number of carboxylic acid groups (broad SMARTS) is 1. The molecule has 2 rings (SSSR count). The number of nitrogens with one attached hydrogen (secondary N) is 1. The second-order valence-corrected chi connectivity index (χ2v) is 4.96. The molecule has 1 aromatic heterocycles. The summed E-state index contributed by atoms with van der Waals surface area (Å²) in [7, 11) is 0. The minimum Gasteiger partial charge on any atom is -0.465 e.